The maximum Gasteiger partial charge on any atom is 0.167 e. The van der Waals surface area contributed by atoms with Crippen molar-refractivity contribution in [3.8, 4) is 5.75 Å². The fourth-order valence-corrected chi connectivity index (χ4v) is 1.68. The molecule has 0 amide bonds. The quantitative estimate of drug-likeness (QED) is 0.774. The third-order valence-corrected chi connectivity index (χ3v) is 2.49. The second-order valence-electron chi connectivity index (χ2n) is 4.23. The van der Waals surface area contributed by atoms with Crippen molar-refractivity contribution in [1.82, 2.24) is 9.97 Å². The van der Waals surface area contributed by atoms with Gasteiger partial charge in [-0.1, -0.05) is 0 Å². The minimum absolute atomic E-state index is 0.133. The molecule has 0 N–H and O–H groups in total. The third kappa shape index (κ3) is 1.85. The van der Waals surface area contributed by atoms with Crippen molar-refractivity contribution in [2.24, 2.45) is 0 Å². The molecule has 0 unspecified atom stereocenters. The van der Waals surface area contributed by atoms with Crippen LogP contribution in [0, 0.1) is 13.8 Å². The summed E-state index contributed by atoms with van der Waals surface area (Å²) in [6.45, 7) is 8.02. The number of aryl methyl sites for hydroxylation is 2. The van der Waals surface area contributed by atoms with Gasteiger partial charge in [0.25, 0.3) is 0 Å². The van der Waals surface area contributed by atoms with Crippen LogP contribution in [0.1, 0.15) is 25.1 Å². The van der Waals surface area contributed by atoms with Crippen LogP contribution in [0.25, 0.3) is 10.9 Å². The van der Waals surface area contributed by atoms with E-state index < -0.39 is 0 Å². The van der Waals surface area contributed by atoms with Crippen LogP contribution >= 0.6 is 0 Å². The lowest BCUT2D eigenvalue weighted by molar-refractivity contribution is 0.242. The van der Waals surface area contributed by atoms with Crippen molar-refractivity contribution in [3.63, 3.8) is 0 Å². The van der Waals surface area contributed by atoms with Crippen LogP contribution in [-0.2, 0) is 0 Å². The molecule has 2 heterocycles. The number of ether oxygens (including phenoxy) is 1. The average Bonchev–Trinajstić information content (AvgIpc) is 2.22. The van der Waals surface area contributed by atoms with Crippen molar-refractivity contribution in [2.45, 2.75) is 33.8 Å². The Bertz CT molecular complexity index is 521. The van der Waals surface area contributed by atoms with E-state index >= 15 is 0 Å². The van der Waals surface area contributed by atoms with Crippen LogP contribution in [0.2, 0.25) is 0 Å². The van der Waals surface area contributed by atoms with Gasteiger partial charge in [-0.3, -0.25) is 9.97 Å². The first-order chi connectivity index (χ1) is 7.59. The second kappa shape index (κ2) is 4.08. The Morgan fingerprint density at radius 3 is 2.62 bits per heavy atom. The van der Waals surface area contributed by atoms with Gasteiger partial charge in [-0.15, -0.1) is 0 Å². The molecular weight excluding hydrogens is 200 g/mol. The van der Waals surface area contributed by atoms with Crippen molar-refractivity contribution in [2.75, 3.05) is 0 Å². The molecule has 0 fully saturated rings. The molecule has 2 aromatic heterocycles. The van der Waals surface area contributed by atoms with E-state index in [1.807, 2.05) is 39.2 Å². The van der Waals surface area contributed by atoms with Gasteiger partial charge in [-0.2, -0.15) is 0 Å². The van der Waals surface area contributed by atoms with E-state index in [0.717, 1.165) is 22.3 Å². The summed E-state index contributed by atoms with van der Waals surface area (Å²) in [5, 5.41) is 1.06. The Balaban J connectivity index is 2.69. The highest BCUT2D eigenvalue weighted by molar-refractivity contribution is 5.86. The van der Waals surface area contributed by atoms with Gasteiger partial charge in [0.15, 0.2) is 5.75 Å². The average molecular weight is 216 g/mol. The first-order valence-corrected chi connectivity index (χ1v) is 5.47. The molecule has 84 valence electrons. The summed E-state index contributed by atoms with van der Waals surface area (Å²) in [5.41, 5.74) is 2.96. The summed E-state index contributed by atoms with van der Waals surface area (Å²) < 4.78 is 5.79. The standard InChI is InChI=1S/C13H16N2O/c1-8(2)16-13-10(4)15-7-11-9(3)5-6-14-12(11)13/h5-8H,1-4H3. The number of fused-ring (bicyclic) bond motifs is 1. The van der Waals surface area contributed by atoms with E-state index in [1.165, 1.54) is 5.56 Å². The normalized spacial score (nSPS) is 11.1. The van der Waals surface area contributed by atoms with E-state index in [9.17, 15) is 0 Å². The van der Waals surface area contributed by atoms with Gasteiger partial charge in [-0.25, -0.2) is 0 Å². The van der Waals surface area contributed by atoms with Crippen molar-refractivity contribution < 1.29 is 4.74 Å². The van der Waals surface area contributed by atoms with E-state index in [0.29, 0.717) is 0 Å². The lowest BCUT2D eigenvalue weighted by Crippen LogP contribution is -2.08. The van der Waals surface area contributed by atoms with Gasteiger partial charge in [-0.05, 0) is 39.3 Å². The Kier molecular flexibility index (Phi) is 2.77. The van der Waals surface area contributed by atoms with E-state index in [4.69, 9.17) is 4.74 Å². The lowest BCUT2D eigenvalue weighted by Gasteiger charge is -2.14. The molecule has 0 atom stereocenters. The lowest BCUT2D eigenvalue weighted by atomic mass is 10.1. The predicted octanol–water partition coefficient (Wildman–Crippen LogP) is 3.03. The number of hydrogen-bond donors (Lipinski definition) is 0. The molecule has 0 radical (unpaired) electrons. The fourth-order valence-electron chi connectivity index (χ4n) is 1.68. The molecule has 0 saturated heterocycles. The molecule has 3 heteroatoms. The molecule has 16 heavy (non-hydrogen) atoms. The molecule has 2 rings (SSSR count). The van der Waals surface area contributed by atoms with Crippen molar-refractivity contribution in [3.05, 3.63) is 29.7 Å². The van der Waals surface area contributed by atoms with Crippen LogP contribution in [-0.4, -0.2) is 16.1 Å². The van der Waals surface area contributed by atoms with Gasteiger partial charge >= 0.3 is 0 Å². The first kappa shape index (κ1) is 10.9. The topological polar surface area (TPSA) is 35.0 Å². The second-order valence-corrected chi connectivity index (χ2v) is 4.23. The number of pyridine rings is 2. The van der Waals surface area contributed by atoms with Gasteiger partial charge in [0.1, 0.15) is 5.52 Å². The molecule has 2 aromatic rings. The van der Waals surface area contributed by atoms with Crippen molar-refractivity contribution >= 4 is 10.9 Å². The summed E-state index contributed by atoms with van der Waals surface area (Å²) in [6.07, 6.45) is 3.80. The predicted molar refractivity (Wildman–Crippen MR) is 64.8 cm³/mol. The molecule has 0 bridgehead atoms. The summed E-state index contributed by atoms with van der Waals surface area (Å²) in [6, 6.07) is 1.98. The van der Waals surface area contributed by atoms with Gasteiger partial charge in [0, 0.05) is 17.8 Å². The number of aromatic nitrogens is 2. The minimum atomic E-state index is 0.133. The number of rotatable bonds is 2. The molecular formula is C13H16N2O. The van der Waals surface area contributed by atoms with Crippen LogP contribution in [0.4, 0.5) is 0 Å². The highest BCUT2D eigenvalue weighted by atomic mass is 16.5. The van der Waals surface area contributed by atoms with E-state index in [1.54, 1.807) is 0 Å². The number of nitrogens with zero attached hydrogens (tertiary/aromatic N) is 2. The van der Waals surface area contributed by atoms with Crippen LogP contribution < -0.4 is 4.74 Å². The zero-order valence-corrected chi connectivity index (χ0v) is 10.1. The first-order valence-electron chi connectivity index (χ1n) is 5.47. The Hall–Kier alpha value is -1.64. The molecule has 0 aliphatic carbocycles. The Morgan fingerprint density at radius 1 is 1.19 bits per heavy atom. The summed E-state index contributed by atoms with van der Waals surface area (Å²) in [7, 11) is 0. The highest BCUT2D eigenvalue weighted by Crippen LogP contribution is 2.28. The largest absolute Gasteiger partial charge is 0.487 e. The van der Waals surface area contributed by atoms with E-state index in [2.05, 4.69) is 16.9 Å². The Morgan fingerprint density at radius 2 is 1.94 bits per heavy atom. The molecule has 0 aromatic carbocycles. The van der Waals surface area contributed by atoms with Gasteiger partial charge in [0.05, 0.1) is 11.8 Å². The highest BCUT2D eigenvalue weighted by Gasteiger charge is 2.11. The SMILES string of the molecule is Cc1ncc2c(C)ccnc2c1OC(C)C. The molecule has 3 nitrogen and oxygen atoms in total. The maximum atomic E-state index is 5.79. The molecule has 0 spiro atoms. The Labute approximate surface area is 95.5 Å². The zero-order chi connectivity index (χ0) is 11.7. The third-order valence-electron chi connectivity index (χ3n) is 2.49. The zero-order valence-electron chi connectivity index (χ0n) is 10.1. The van der Waals surface area contributed by atoms with Crippen LogP contribution in [0.15, 0.2) is 18.5 Å². The van der Waals surface area contributed by atoms with Crippen LogP contribution in [0.5, 0.6) is 5.75 Å². The summed E-state index contributed by atoms with van der Waals surface area (Å²) >= 11 is 0. The van der Waals surface area contributed by atoms with Crippen LogP contribution in [0.3, 0.4) is 0 Å². The summed E-state index contributed by atoms with van der Waals surface area (Å²) in [4.78, 5) is 8.75. The smallest absolute Gasteiger partial charge is 0.167 e. The fraction of sp³-hybridized carbons (Fsp3) is 0.385. The molecule has 0 aliphatic heterocycles. The van der Waals surface area contributed by atoms with Gasteiger partial charge in [0.2, 0.25) is 0 Å². The van der Waals surface area contributed by atoms with E-state index in [-0.39, 0.29) is 6.10 Å². The monoisotopic (exact) mass is 216 g/mol. The summed E-state index contributed by atoms with van der Waals surface area (Å²) in [5.74, 6) is 0.802. The number of hydrogen-bond acceptors (Lipinski definition) is 3. The molecule has 0 aliphatic rings. The molecule has 0 saturated carbocycles. The van der Waals surface area contributed by atoms with Crippen molar-refractivity contribution in [1.29, 1.82) is 0 Å². The maximum absolute atomic E-state index is 5.79. The van der Waals surface area contributed by atoms with Gasteiger partial charge < -0.3 is 4.74 Å². The minimum Gasteiger partial charge on any atom is -0.487 e.